The van der Waals surface area contributed by atoms with Crippen LogP contribution in [0.3, 0.4) is 0 Å². The number of nitrogens with zero attached hydrogens (tertiary/aromatic N) is 3. The standard InChI is InChI=1S/C17H28N4O4S/c1-12-16(13(2)25-19-12)26(23,24)20-9-6-14(7-10-20)17(22)21-8-4-3-5-15(21)11-18/h14-15H,3-11,18H2,1-2H3. The second-order valence-electron chi connectivity index (χ2n) is 7.25. The molecule has 2 fully saturated rings. The molecule has 0 spiro atoms. The molecule has 1 aromatic rings. The van der Waals surface area contributed by atoms with Crippen molar-refractivity contribution >= 4 is 15.9 Å². The minimum atomic E-state index is -3.64. The van der Waals surface area contributed by atoms with Crippen LogP contribution in [0.2, 0.25) is 0 Å². The van der Waals surface area contributed by atoms with Gasteiger partial charge in [0.15, 0.2) is 5.76 Å². The quantitative estimate of drug-likeness (QED) is 0.830. The number of amides is 1. The summed E-state index contributed by atoms with van der Waals surface area (Å²) in [6, 6.07) is 0.125. The van der Waals surface area contributed by atoms with Gasteiger partial charge in [0, 0.05) is 38.1 Å². The molecule has 0 aromatic carbocycles. The fourth-order valence-electron chi connectivity index (χ4n) is 4.09. The van der Waals surface area contributed by atoms with Crippen molar-refractivity contribution in [3.8, 4) is 0 Å². The second kappa shape index (κ2) is 7.66. The zero-order chi connectivity index (χ0) is 18.9. The van der Waals surface area contributed by atoms with Gasteiger partial charge in [0.25, 0.3) is 0 Å². The number of likely N-dealkylation sites (tertiary alicyclic amines) is 1. The number of rotatable bonds is 4. The van der Waals surface area contributed by atoms with Crippen LogP contribution >= 0.6 is 0 Å². The minimum absolute atomic E-state index is 0.125. The van der Waals surface area contributed by atoms with Gasteiger partial charge in [0.05, 0.1) is 0 Å². The molecule has 26 heavy (non-hydrogen) atoms. The highest BCUT2D eigenvalue weighted by atomic mass is 32.2. The van der Waals surface area contributed by atoms with Gasteiger partial charge in [0.2, 0.25) is 15.9 Å². The topological polar surface area (TPSA) is 110 Å². The molecule has 1 atom stereocenters. The first-order valence-corrected chi connectivity index (χ1v) is 10.7. The SMILES string of the molecule is Cc1noc(C)c1S(=O)(=O)N1CCC(C(=O)N2CCCCC2CN)CC1. The van der Waals surface area contributed by atoms with E-state index in [1.807, 2.05) is 4.90 Å². The summed E-state index contributed by atoms with van der Waals surface area (Å²) in [7, 11) is -3.64. The lowest BCUT2D eigenvalue weighted by molar-refractivity contribution is -0.140. The molecule has 2 aliphatic heterocycles. The lowest BCUT2D eigenvalue weighted by atomic mass is 9.93. The van der Waals surface area contributed by atoms with E-state index in [0.29, 0.717) is 43.9 Å². The van der Waals surface area contributed by atoms with Gasteiger partial charge in [-0.1, -0.05) is 5.16 Å². The number of piperidine rings is 2. The van der Waals surface area contributed by atoms with E-state index in [1.165, 1.54) is 4.31 Å². The number of nitrogens with two attached hydrogens (primary N) is 1. The summed E-state index contributed by atoms with van der Waals surface area (Å²) in [6.45, 7) is 5.16. The molecule has 0 aliphatic carbocycles. The van der Waals surface area contributed by atoms with E-state index < -0.39 is 10.0 Å². The van der Waals surface area contributed by atoms with Gasteiger partial charge in [-0.25, -0.2) is 8.42 Å². The maximum absolute atomic E-state index is 12.9. The van der Waals surface area contributed by atoms with E-state index in [1.54, 1.807) is 13.8 Å². The second-order valence-corrected chi connectivity index (χ2v) is 9.12. The molecule has 0 bridgehead atoms. The van der Waals surface area contributed by atoms with Crippen LogP contribution in [0.25, 0.3) is 0 Å². The summed E-state index contributed by atoms with van der Waals surface area (Å²) in [5, 5.41) is 3.75. The van der Waals surface area contributed by atoms with Gasteiger partial charge < -0.3 is 15.2 Å². The third kappa shape index (κ3) is 3.52. The Kier molecular flexibility index (Phi) is 5.69. The first-order chi connectivity index (χ1) is 12.4. The van der Waals surface area contributed by atoms with E-state index >= 15 is 0 Å². The van der Waals surface area contributed by atoms with Gasteiger partial charge in [-0.3, -0.25) is 4.79 Å². The lowest BCUT2D eigenvalue weighted by Gasteiger charge is -2.39. The van der Waals surface area contributed by atoms with Crippen LogP contribution in [-0.4, -0.2) is 60.9 Å². The fraction of sp³-hybridized carbons (Fsp3) is 0.765. The Bertz CT molecular complexity index is 733. The highest BCUT2D eigenvalue weighted by Crippen LogP contribution is 2.29. The monoisotopic (exact) mass is 384 g/mol. The van der Waals surface area contributed by atoms with Crippen LogP contribution in [0.4, 0.5) is 0 Å². The molecule has 3 heterocycles. The summed E-state index contributed by atoms with van der Waals surface area (Å²) in [5.74, 6) is 0.313. The molecular weight excluding hydrogens is 356 g/mol. The Morgan fingerprint density at radius 3 is 2.46 bits per heavy atom. The van der Waals surface area contributed by atoms with Crippen molar-refractivity contribution in [1.82, 2.24) is 14.4 Å². The van der Waals surface area contributed by atoms with Crippen LogP contribution in [0, 0.1) is 19.8 Å². The van der Waals surface area contributed by atoms with Crippen LogP contribution < -0.4 is 5.73 Å². The Morgan fingerprint density at radius 1 is 1.19 bits per heavy atom. The van der Waals surface area contributed by atoms with Crippen molar-refractivity contribution in [3.63, 3.8) is 0 Å². The number of aromatic nitrogens is 1. The molecule has 2 N–H and O–H groups in total. The van der Waals surface area contributed by atoms with Crippen LogP contribution in [0.5, 0.6) is 0 Å². The molecular formula is C17H28N4O4S. The molecule has 146 valence electrons. The van der Waals surface area contributed by atoms with E-state index in [9.17, 15) is 13.2 Å². The van der Waals surface area contributed by atoms with Crippen molar-refractivity contribution in [2.24, 2.45) is 11.7 Å². The summed E-state index contributed by atoms with van der Waals surface area (Å²) in [5.41, 5.74) is 6.20. The lowest BCUT2D eigenvalue weighted by Crippen LogP contribution is -2.51. The molecule has 9 heteroatoms. The Labute approximate surface area is 154 Å². The first-order valence-electron chi connectivity index (χ1n) is 9.29. The summed E-state index contributed by atoms with van der Waals surface area (Å²) in [6.07, 6.45) is 4.16. The maximum atomic E-state index is 12.9. The van der Waals surface area contributed by atoms with E-state index in [-0.39, 0.29) is 22.8 Å². The van der Waals surface area contributed by atoms with Crippen molar-refractivity contribution in [3.05, 3.63) is 11.5 Å². The minimum Gasteiger partial charge on any atom is -0.360 e. The van der Waals surface area contributed by atoms with Crippen molar-refractivity contribution in [2.75, 3.05) is 26.2 Å². The Morgan fingerprint density at radius 2 is 1.88 bits per heavy atom. The average molecular weight is 385 g/mol. The average Bonchev–Trinajstić information content (AvgIpc) is 3.00. The number of hydrogen-bond donors (Lipinski definition) is 1. The normalized spacial score (nSPS) is 23.3. The van der Waals surface area contributed by atoms with E-state index in [0.717, 1.165) is 25.8 Å². The van der Waals surface area contributed by atoms with Crippen LogP contribution in [0.15, 0.2) is 9.42 Å². The number of carbonyl (C=O) groups is 1. The zero-order valence-corrected chi connectivity index (χ0v) is 16.3. The van der Waals surface area contributed by atoms with Crippen molar-refractivity contribution in [2.45, 2.75) is 56.9 Å². The first kappa shape index (κ1) is 19.3. The molecule has 1 aromatic heterocycles. The van der Waals surface area contributed by atoms with Crippen molar-refractivity contribution < 1.29 is 17.7 Å². The van der Waals surface area contributed by atoms with Gasteiger partial charge in [-0.05, 0) is 46.0 Å². The summed E-state index contributed by atoms with van der Waals surface area (Å²) >= 11 is 0. The molecule has 8 nitrogen and oxygen atoms in total. The van der Waals surface area contributed by atoms with Crippen LogP contribution in [-0.2, 0) is 14.8 Å². The molecule has 1 amide bonds. The zero-order valence-electron chi connectivity index (χ0n) is 15.5. The number of carbonyl (C=O) groups excluding carboxylic acids is 1. The van der Waals surface area contributed by atoms with Gasteiger partial charge in [-0.2, -0.15) is 4.31 Å². The maximum Gasteiger partial charge on any atom is 0.248 e. The summed E-state index contributed by atoms with van der Waals surface area (Å²) in [4.78, 5) is 15.0. The molecule has 1 unspecified atom stereocenters. The predicted molar refractivity (Wildman–Crippen MR) is 95.9 cm³/mol. The highest BCUT2D eigenvalue weighted by molar-refractivity contribution is 7.89. The molecule has 3 rings (SSSR count). The Balaban J connectivity index is 1.66. The largest absolute Gasteiger partial charge is 0.360 e. The van der Waals surface area contributed by atoms with Gasteiger partial charge in [0.1, 0.15) is 10.6 Å². The Hall–Kier alpha value is -1.45. The molecule has 0 radical (unpaired) electrons. The van der Waals surface area contributed by atoms with Crippen LogP contribution in [0.1, 0.15) is 43.6 Å². The fourth-order valence-corrected chi connectivity index (χ4v) is 5.85. The van der Waals surface area contributed by atoms with E-state index in [2.05, 4.69) is 5.16 Å². The highest BCUT2D eigenvalue weighted by Gasteiger charge is 2.37. The third-order valence-corrected chi connectivity index (χ3v) is 7.69. The number of aryl methyl sites for hydroxylation is 2. The van der Waals surface area contributed by atoms with Gasteiger partial charge >= 0.3 is 0 Å². The number of hydrogen-bond acceptors (Lipinski definition) is 6. The molecule has 0 saturated carbocycles. The van der Waals surface area contributed by atoms with Gasteiger partial charge in [-0.15, -0.1) is 0 Å². The van der Waals surface area contributed by atoms with Crippen molar-refractivity contribution in [1.29, 1.82) is 0 Å². The third-order valence-electron chi connectivity index (χ3n) is 5.55. The molecule has 2 saturated heterocycles. The molecule has 2 aliphatic rings. The van der Waals surface area contributed by atoms with E-state index in [4.69, 9.17) is 10.3 Å². The predicted octanol–water partition coefficient (Wildman–Crippen LogP) is 1.03. The number of sulfonamides is 1. The smallest absolute Gasteiger partial charge is 0.248 e. The summed E-state index contributed by atoms with van der Waals surface area (Å²) < 4.78 is 32.2.